The molecule has 0 aliphatic rings. The summed E-state index contributed by atoms with van der Waals surface area (Å²) in [6.07, 6.45) is 0.199. The second-order valence-electron chi connectivity index (χ2n) is 4.90. The summed E-state index contributed by atoms with van der Waals surface area (Å²) < 4.78 is 10.5. The topological polar surface area (TPSA) is 88.4 Å². The van der Waals surface area contributed by atoms with E-state index in [9.17, 15) is 9.59 Å². The van der Waals surface area contributed by atoms with Crippen LogP contribution in [-0.4, -0.2) is 30.6 Å². The number of hydrogen-bond acceptors (Lipinski definition) is 5. The fourth-order valence-corrected chi connectivity index (χ4v) is 1.58. The van der Waals surface area contributed by atoms with Crippen molar-refractivity contribution in [1.29, 1.82) is 5.26 Å². The van der Waals surface area contributed by atoms with Gasteiger partial charge in [0, 0.05) is 11.6 Å². The van der Waals surface area contributed by atoms with Crippen molar-refractivity contribution in [3.05, 3.63) is 29.3 Å². The molecule has 0 aromatic heterocycles. The van der Waals surface area contributed by atoms with E-state index in [1.807, 2.05) is 6.07 Å². The first-order valence-corrected chi connectivity index (χ1v) is 6.98. The molecule has 1 aromatic carbocycles. The highest BCUT2D eigenvalue weighted by molar-refractivity contribution is 6.30. The number of nitriles is 1. The van der Waals surface area contributed by atoms with Gasteiger partial charge in [0.05, 0.1) is 12.5 Å². The van der Waals surface area contributed by atoms with Crippen LogP contribution in [0.1, 0.15) is 20.3 Å². The molecule has 118 valence electrons. The number of benzene rings is 1. The number of esters is 1. The first-order chi connectivity index (χ1) is 10.3. The Bertz CT molecular complexity index is 564. The molecule has 0 bridgehead atoms. The van der Waals surface area contributed by atoms with E-state index in [-0.39, 0.29) is 13.0 Å². The molecule has 1 rings (SSSR count). The molecule has 0 radical (unpaired) electrons. The van der Waals surface area contributed by atoms with Gasteiger partial charge >= 0.3 is 5.97 Å². The fraction of sp³-hybridized carbons (Fsp3) is 0.400. The van der Waals surface area contributed by atoms with Gasteiger partial charge in [-0.15, -0.1) is 0 Å². The van der Waals surface area contributed by atoms with Gasteiger partial charge in [-0.3, -0.25) is 4.79 Å². The Hall–Kier alpha value is -2.26. The summed E-state index contributed by atoms with van der Waals surface area (Å²) in [5.41, 5.74) is -1.25. The number of nitrogens with zero attached hydrogens (tertiary/aromatic N) is 1. The van der Waals surface area contributed by atoms with Crippen molar-refractivity contribution in [2.45, 2.75) is 25.9 Å². The number of ether oxygens (including phenoxy) is 2. The van der Waals surface area contributed by atoms with Gasteiger partial charge < -0.3 is 14.8 Å². The Morgan fingerprint density at radius 3 is 2.55 bits per heavy atom. The summed E-state index contributed by atoms with van der Waals surface area (Å²) in [5, 5.41) is 11.4. The molecule has 1 amide bonds. The Kier molecular flexibility index (Phi) is 6.67. The van der Waals surface area contributed by atoms with E-state index in [1.165, 1.54) is 13.8 Å². The molecule has 7 heteroatoms. The minimum absolute atomic E-state index is 0.199. The third kappa shape index (κ3) is 6.02. The van der Waals surface area contributed by atoms with Crippen LogP contribution in [0.5, 0.6) is 5.75 Å². The van der Waals surface area contributed by atoms with Crippen LogP contribution in [0.3, 0.4) is 0 Å². The monoisotopic (exact) mass is 324 g/mol. The molecular formula is C15H17ClN2O4. The molecule has 0 atom stereocenters. The third-order valence-corrected chi connectivity index (χ3v) is 2.82. The van der Waals surface area contributed by atoms with E-state index < -0.39 is 24.1 Å². The number of rotatable bonds is 7. The zero-order valence-corrected chi connectivity index (χ0v) is 13.1. The van der Waals surface area contributed by atoms with Crippen LogP contribution >= 0.6 is 11.6 Å². The molecule has 0 aliphatic heterocycles. The number of halogens is 1. The van der Waals surface area contributed by atoms with Crippen molar-refractivity contribution in [2.24, 2.45) is 0 Å². The standard InChI is InChI=1S/C15H17ClN2O4/c1-15(2,22-12-6-4-11(16)5-7-12)14(20)21-10-13(19)18-9-3-8-17/h4-7H,3,9-10H2,1-2H3,(H,18,19). The van der Waals surface area contributed by atoms with E-state index >= 15 is 0 Å². The Morgan fingerprint density at radius 1 is 1.32 bits per heavy atom. The van der Waals surface area contributed by atoms with Crippen LogP contribution < -0.4 is 10.1 Å². The third-order valence-electron chi connectivity index (χ3n) is 2.57. The summed E-state index contributed by atoms with van der Waals surface area (Å²) in [5.74, 6) is -0.673. The number of carbonyl (C=O) groups is 2. The lowest BCUT2D eigenvalue weighted by atomic mass is 10.1. The van der Waals surface area contributed by atoms with Gasteiger partial charge in [-0.1, -0.05) is 11.6 Å². The predicted molar refractivity (Wildman–Crippen MR) is 80.4 cm³/mol. The second kappa shape index (κ2) is 8.25. The van der Waals surface area contributed by atoms with Crippen molar-refractivity contribution in [3.63, 3.8) is 0 Å². The van der Waals surface area contributed by atoms with Crippen LogP contribution in [0, 0.1) is 11.3 Å². The van der Waals surface area contributed by atoms with Gasteiger partial charge in [0.2, 0.25) is 0 Å². The quantitative estimate of drug-likeness (QED) is 0.612. The summed E-state index contributed by atoms with van der Waals surface area (Å²) in [7, 11) is 0. The molecule has 0 spiro atoms. The molecule has 1 aromatic rings. The average molecular weight is 325 g/mol. The SMILES string of the molecule is CC(C)(Oc1ccc(Cl)cc1)C(=O)OCC(=O)NCCC#N. The number of carbonyl (C=O) groups excluding carboxylic acids is 2. The molecule has 22 heavy (non-hydrogen) atoms. The Balaban J connectivity index is 2.47. The van der Waals surface area contributed by atoms with Crippen molar-refractivity contribution >= 4 is 23.5 Å². The first kappa shape index (κ1) is 17.8. The number of hydrogen-bond donors (Lipinski definition) is 1. The van der Waals surface area contributed by atoms with E-state index in [0.717, 1.165) is 0 Å². The van der Waals surface area contributed by atoms with Gasteiger partial charge in [-0.2, -0.15) is 5.26 Å². The zero-order valence-electron chi connectivity index (χ0n) is 12.4. The van der Waals surface area contributed by atoms with Crippen molar-refractivity contribution in [2.75, 3.05) is 13.2 Å². The van der Waals surface area contributed by atoms with Crippen LogP contribution in [0.2, 0.25) is 5.02 Å². The van der Waals surface area contributed by atoms with Gasteiger partial charge in [-0.25, -0.2) is 4.79 Å². The zero-order chi connectivity index (χ0) is 16.6. The van der Waals surface area contributed by atoms with Crippen LogP contribution in [0.4, 0.5) is 0 Å². The average Bonchev–Trinajstić information content (AvgIpc) is 2.47. The van der Waals surface area contributed by atoms with Crippen LogP contribution in [0.15, 0.2) is 24.3 Å². The molecule has 0 fully saturated rings. The maximum absolute atomic E-state index is 12.0. The van der Waals surface area contributed by atoms with Gasteiger partial charge in [-0.05, 0) is 38.1 Å². The second-order valence-corrected chi connectivity index (χ2v) is 5.34. The Labute approximate surface area is 134 Å². The molecule has 0 saturated carbocycles. The lowest BCUT2D eigenvalue weighted by Crippen LogP contribution is -2.41. The molecular weight excluding hydrogens is 308 g/mol. The van der Waals surface area contributed by atoms with E-state index in [2.05, 4.69) is 5.32 Å². The maximum Gasteiger partial charge on any atom is 0.350 e. The van der Waals surface area contributed by atoms with Gasteiger partial charge in [0.25, 0.3) is 5.91 Å². The Morgan fingerprint density at radius 2 is 1.95 bits per heavy atom. The van der Waals surface area contributed by atoms with Crippen molar-refractivity contribution in [1.82, 2.24) is 5.32 Å². The highest BCUT2D eigenvalue weighted by atomic mass is 35.5. The molecule has 0 unspecified atom stereocenters. The summed E-state index contributed by atoms with van der Waals surface area (Å²) in [6.45, 7) is 2.88. The minimum Gasteiger partial charge on any atom is -0.476 e. The van der Waals surface area contributed by atoms with Crippen molar-refractivity contribution in [3.8, 4) is 11.8 Å². The fourth-order valence-electron chi connectivity index (χ4n) is 1.45. The van der Waals surface area contributed by atoms with E-state index in [4.69, 9.17) is 26.3 Å². The van der Waals surface area contributed by atoms with Crippen LogP contribution in [0.25, 0.3) is 0 Å². The minimum atomic E-state index is -1.25. The summed E-state index contributed by atoms with van der Waals surface area (Å²) in [6, 6.07) is 8.43. The first-order valence-electron chi connectivity index (χ1n) is 6.60. The molecule has 6 nitrogen and oxygen atoms in total. The highest BCUT2D eigenvalue weighted by Gasteiger charge is 2.32. The summed E-state index contributed by atoms with van der Waals surface area (Å²) >= 11 is 5.77. The predicted octanol–water partition coefficient (Wildman–Crippen LogP) is 2.07. The smallest absolute Gasteiger partial charge is 0.350 e. The van der Waals surface area contributed by atoms with E-state index in [0.29, 0.717) is 10.8 Å². The summed E-state index contributed by atoms with van der Waals surface area (Å²) in [4.78, 5) is 23.4. The molecule has 0 heterocycles. The lowest BCUT2D eigenvalue weighted by Gasteiger charge is -2.24. The van der Waals surface area contributed by atoms with Gasteiger partial charge in [0.1, 0.15) is 5.75 Å². The number of nitrogens with one attached hydrogen (secondary N) is 1. The molecule has 1 N–H and O–H groups in total. The van der Waals surface area contributed by atoms with Crippen molar-refractivity contribution < 1.29 is 19.1 Å². The van der Waals surface area contributed by atoms with E-state index in [1.54, 1.807) is 24.3 Å². The highest BCUT2D eigenvalue weighted by Crippen LogP contribution is 2.21. The largest absolute Gasteiger partial charge is 0.476 e. The van der Waals surface area contributed by atoms with Crippen LogP contribution in [-0.2, 0) is 14.3 Å². The number of amides is 1. The lowest BCUT2D eigenvalue weighted by molar-refractivity contribution is -0.162. The molecule has 0 saturated heterocycles. The normalized spacial score (nSPS) is 10.5. The maximum atomic E-state index is 12.0. The molecule has 0 aliphatic carbocycles. The van der Waals surface area contributed by atoms with Gasteiger partial charge in [0.15, 0.2) is 12.2 Å².